The lowest BCUT2D eigenvalue weighted by Crippen LogP contribution is -2.49. The Hall–Kier alpha value is -2.93. The molecule has 0 unspecified atom stereocenters. The highest BCUT2D eigenvalue weighted by molar-refractivity contribution is 6.31. The number of nitrogens with one attached hydrogen (secondary N) is 1. The fraction of sp³-hybridized carbons (Fsp3) is 0.333. The Labute approximate surface area is 174 Å². The Balaban J connectivity index is 1.73. The van der Waals surface area contributed by atoms with Gasteiger partial charge in [-0.25, -0.2) is 0 Å². The van der Waals surface area contributed by atoms with Gasteiger partial charge in [0.25, 0.3) is 5.91 Å². The predicted octanol–water partition coefficient (Wildman–Crippen LogP) is 3.18. The van der Waals surface area contributed by atoms with Crippen molar-refractivity contribution in [3.8, 4) is 17.2 Å². The zero-order valence-corrected chi connectivity index (χ0v) is 17.3. The molecule has 2 aromatic rings. The van der Waals surface area contributed by atoms with Crippen LogP contribution >= 0.6 is 11.6 Å². The van der Waals surface area contributed by atoms with Crippen molar-refractivity contribution < 1.29 is 23.8 Å². The van der Waals surface area contributed by atoms with E-state index in [0.717, 1.165) is 5.56 Å². The first-order chi connectivity index (χ1) is 14.0. The van der Waals surface area contributed by atoms with E-state index in [9.17, 15) is 9.59 Å². The number of carbonyl (C=O) groups excluding carboxylic acids is 2. The zero-order valence-electron chi connectivity index (χ0n) is 16.5. The molecule has 0 fully saturated rings. The molecular weight excluding hydrogens is 396 g/mol. The highest BCUT2D eigenvalue weighted by Gasteiger charge is 2.34. The van der Waals surface area contributed by atoms with E-state index in [4.69, 9.17) is 25.8 Å². The predicted molar refractivity (Wildman–Crippen MR) is 110 cm³/mol. The number of nitrogens with zero attached hydrogens (tertiary/aromatic N) is 1. The second kappa shape index (κ2) is 9.05. The van der Waals surface area contributed by atoms with E-state index in [0.29, 0.717) is 34.4 Å². The van der Waals surface area contributed by atoms with Gasteiger partial charge in [-0.1, -0.05) is 18.5 Å². The Morgan fingerprint density at radius 2 is 2.00 bits per heavy atom. The van der Waals surface area contributed by atoms with Crippen LogP contribution in [0.25, 0.3) is 0 Å². The van der Waals surface area contributed by atoms with Crippen LogP contribution in [0.15, 0.2) is 36.4 Å². The van der Waals surface area contributed by atoms with E-state index in [1.165, 1.54) is 4.90 Å². The van der Waals surface area contributed by atoms with E-state index in [2.05, 4.69) is 5.32 Å². The maximum atomic E-state index is 12.8. The van der Waals surface area contributed by atoms with Crippen molar-refractivity contribution in [2.45, 2.75) is 26.0 Å². The molecule has 1 N–H and O–H groups in total. The van der Waals surface area contributed by atoms with E-state index in [1.807, 2.05) is 13.0 Å². The monoisotopic (exact) mass is 418 g/mol. The zero-order chi connectivity index (χ0) is 21.0. The van der Waals surface area contributed by atoms with Crippen LogP contribution in [0.4, 0.5) is 5.69 Å². The number of hydrogen-bond acceptors (Lipinski definition) is 5. The van der Waals surface area contributed by atoms with Gasteiger partial charge in [0.1, 0.15) is 23.8 Å². The van der Waals surface area contributed by atoms with Gasteiger partial charge in [-0.15, -0.1) is 0 Å². The Morgan fingerprint density at radius 3 is 2.69 bits per heavy atom. The van der Waals surface area contributed by atoms with Crippen LogP contribution in [-0.2, 0) is 16.1 Å². The fourth-order valence-electron chi connectivity index (χ4n) is 3.11. The first-order valence-corrected chi connectivity index (χ1v) is 9.59. The molecular formula is C21H23ClN2O5. The average molecular weight is 419 g/mol. The number of carbonyl (C=O) groups is 2. The molecule has 0 bridgehead atoms. The van der Waals surface area contributed by atoms with Gasteiger partial charge in [0.05, 0.1) is 19.9 Å². The van der Waals surface area contributed by atoms with Crippen molar-refractivity contribution in [3.63, 3.8) is 0 Å². The molecule has 3 rings (SSSR count). The molecule has 0 aromatic heterocycles. The Morgan fingerprint density at radius 1 is 1.21 bits per heavy atom. The number of halogens is 1. The van der Waals surface area contributed by atoms with Crippen molar-refractivity contribution in [1.29, 1.82) is 0 Å². The summed E-state index contributed by atoms with van der Waals surface area (Å²) in [6.07, 6.45) is -0.125. The van der Waals surface area contributed by atoms with Gasteiger partial charge < -0.3 is 19.5 Å². The molecule has 2 amide bonds. The number of ether oxygens (including phenoxy) is 3. The molecule has 0 saturated carbocycles. The fourth-order valence-corrected chi connectivity index (χ4v) is 3.28. The number of fused-ring (bicyclic) bond motifs is 1. The molecule has 154 valence electrons. The summed E-state index contributed by atoms with van der Waals surface area (Å²) in [5.41, 5.74) is 1.29. The lowest BCUT2D eigenvalue weighted by Gasteiger charge is -2.33. The van der Waals surface area contributed by atoms with Crippen LogP contribution in [0.5, 0.6) is 17.2 Å². The third kappa shape index (κ3) is 4.56. The molecule has 0 saturated heterocycles. The molecule has 1 heterocycles. The number of methoxy groups -OCH3 is 2. The summed E-state index contributed by atoms with van der Waals surface area (Å²) in [6, 6.07) is 10.4. The van der Waals surface area contributed by atoms with Crippen LogP contribution in [0.1, 0.15) is 18.9 Å². The molecule has 0 radical (unpaired) electrons. The minimum Gasteiger partial charge on any atom is -0.497 e. The third-order valence-corrected chi connectivity index (χ3v) is 4.90. The molecule has 29 heavy (non-hydrogen) atoms. The van der Waals surface area contributed by atoms with Crippen molar-refractivity contribution >= 4 is 29.1 Å². The molecule has 1 atom stereocenters. The molecule has 1 aliphatic rings. The number of amides is 2. The summed E-state index contributed by atoms with van der Waals surface area (Å²) in [5.74, 6) is 1.23. The van der Waals surface area contributed by atoms with Gasteiger partial charge in [-0.2, -0.15) is 0 Å². The summed E-state index contributed by atoms with van der Waals surface area (Å²) in [5, 5.41) is 3.29. The standard InChI is InChI=1S/C21H23ClN2O5/c1-4-17-21(26)24(16-9-14(22)6-8-18(16)29-17)12-20(25)23-11-13-5-7-15(27-2)10-19(13)28-3/h5-10,17H,4,11-12H2,1-3H3,(H,23,25)/t17-/m0/s1. The minimum absolute atomic E-state index is 0.134. The number of hydrogen-bond donors (Lipinski definition) is 1. The van der Waals surface area contributed by atoms with E-state index in [-0.39, 0.29) is 24.9 Å². The lowest BCUT2D eigenvalue weighted by molar-refractivity contribution is -0.129. The van der Waals surface area contributed by atoms with Crippen LogP contribution in [0.2, 0.25) is 5.02 Å². The van der Waals surface area contributed by atoms with Crippen molar-refractivity contribution in [2.24, 2.45) is 0 Å². The summed E-state index contributed by atoms with van der Waals surface area (Å²) in [6.45, 7) is 1.98. The summed E-state index contributed by atoms with van der Waals surface area (Å²) < 4.78 is 16.3. The van der Waals surface area contributed by atoms with E-state index in [1.54, 1.807) is 44.6 Å². The summed E-state index contributed by atoms with van der Waals surface area (Å²) in [7, 11) is 3.13. The van der Waals surface area contributed by atoms with Gasteiger partial charge in [0.15, 0.2) is 6.10 Å². The number of anilines is 1. The van der Waals surface area contributed by atoms with Crippen LogP contribution in [0, 0.1) is 0 Å². The molecule has 0 spiro atoms. The molecule has 0 aliphatic carbocycles. The van der Waals surface area contributed by atoms with Crippen LogP contribution in [-0.4, -0.2) is 38.7 Å². The van der Waals surface area contributed by atoms with Crippen LogP contribution in [0.3, 0.4) is 0 Å². The second-order valence-corrected chi connectivity index (χ2v) is 6.94. The van der Waals surface area contributed by atoms with Gasteiger partial charge in [-0.3, -0.25) is 14.5 Å². The van der Waals surface area contributed by atoms with Crippen molar-refractivity contribution in [1.82, 2.24) is 5.32 Å². The SMILES string of the molecule is CC[C@@H]1Oc2ccc(Cl)cc2N(CC(=O)NCc2ccc(OC)cc2OC)C1=O. The minimum atomic E-state index is -0.627. The molecule has 2 aromatic carbocycles. The van der Waals surface area contributed by atoms with Gasteiger partial charge >= 0.3 is 0 Å². The van der Waals surface area contributed by atoms with E-state index < -0.39 is 6.10 Å². The summed E-state index contributed by atoms with van der Waals surface area (Å²) in [4.78, 5) is 26.8. The summed E-state index contributed by atoms with van der Waals surface area (Å²) >= 11 is 6.08. The smallest absolute Gasteiger partial charge is 0.268 e. The first kappa shape index (κ1) is 20.8. The highest BCUT2D eigenvalue weighted by atomic mass is 35.5. The highest BCUT2D eigenvalue weighted by Crippen LogP contribution is 2.36. The van der Waals surface area contributed by atoms with Gasteiger partial charge in [0, 0.05) is 23.2 Å². The number of rotatable bonds is 7. The topological polar surface area (TPSA) is 77.1 Å². The third-order valence-electron chi connectivity index (χ3n) is 4.67. The average Bonchev–Trinajstić information content (AvgIpc) is 2.74. The van der Waals surface area contributed by atoms with Crippen molar-refractivity contribution in [2.75, 3.05) is 25.7 Å². The van der Waals surface area contributed by atoms with E-state index >= 15 is 0 Å². The second-order valence-electron chi connectivity index (χ2n) is 6.51. The molecule has 7 nitrogen and oxygen atoms in total. The maximum absolute atomic E-state index is 12.8. The Kier molecular flexibility index (Phi) is 6.49. The van der Waals surface area contributed by atoms with Crippen molar-refractivity contribution in [3.05, 3.63) is 47.0 Å². The molecule has 8 heteroatoms. The lowest BCUT2D eigenvalue weighted by atomic mass is 10.1. The largest absolute Gasteiger partial charge is 0.497 e. The first-order valence-electron chi connectivity index (χ1n) is 9.22. The van der Waals surface area contributed by atoms with Crippen LogP contribution < -0.4 is 24.4 Å². The Bertz CT molecular complexity index is 918. The quantitative estimate of drug-likeness (QED) is 0.747. The normalized spacial score (nSPS) is 15.4. The van der Waals surface area contributed by atoms with Gasteiger partial charge in [0.2, 0.25) is 5.91 Å². The number of benzene rings is 2. The van der Waals surface area contributed by atoms with Gasteiger partial charge in [-0.05, 0) is 36.8 Å². The molecule has 1 aliphatic heterocycles. The maximum Gasteiger partial charge on any atom is 0.268 e.